The van der Waals surface area contributed by atoms with Crippen LogP contribution in [0.15, 0.2) is 35.1 Å². The van der Waals surface area contributed by atoms with Crippen LogP contribution in [0.25, 0.3) is 0 Å². The molecule has 0 aliphatic carbocycles. The van der Waals surface area contributed by atoms with E-state index < -0.39 is 34.0 Å². The summed E-state index contributed by atoms with van der Waals surface area (Å²) in [6.07, 6.45) is 1.46. The summed E-state index contributed by atoms with van der Waals surface area (Å²) in [5, 5.41) is 6.12. The molecule has 134 valence electrons. The molecular formula is C14H14ClFN4O4S. The molecule has 8 nitrogen and oxygen atoms in total. The first kappa shape index (κ1) is 17.8. The molecule has 1 amide bonds. The molecule has 3 rings (SSSR count). The Morgan fingerprint density at radius 2 is 2.24 bits per heavy atom. The van der Waals surface area contributed by atoms with Gasteiger partial charge < -0.3 is 9.84 Å². The van der Waals surface area contributed by atoms with Gasteiger partial charge in [0.25, 0.3) is 10.2 Å². The SMILES string of the molecule is CN1[C@H](C(=O)Nc2ccc(F)c(Cl)c2)C[C@H](c2ccon2)NS1(=O)=O. The van der Waals surface area contributed by atoms with Gasteiger partial charge >= 0.3 is 0 Å². The summed E-state index contributed by atoms with van der Waals surface area (Å²) in [6.45, 7) is 0. The molecule has 11 heteroatoms. The molecule has 1 fully saturated rings. The van der Waals surface area contributed by atoms with Gasteiger partial charge in [0.2, 0.25) is 5.91 Å². The fraction of sp³-hybridized carbons (Fsp3) is 0.286. The summed E-state index contributed by atoms with van der Waals surface area (Å²) < 4.78 is 45.8. The van der Waals surface area contributed by atoms with Crippen LogP contribution >= 0.6 is 11.6 Å². The van der Waals surface area contributed by atoms with E-state index in [0.717, 1.165) is 10.4 Å². The Kier molecular flexibility index (Phi) is 4.78. The number of nitrogens with one attached hydrogen (secondary N) is 2. The van der Waals surface area contributed by atoms with Crippen molar-refractivity contribution in [2.75, 3.05) is 12.4 Å². The summed E-state index contributed by atoms with van der Waals surface area (Å²) in [4.78, 5) is 12.6. The summed E-state index contributed by atoms with van der Waals surface area (Å²) in [6, 6.07) is 3.53. The Morgan fingerprint density at radius 3 is 2.88 bits per heavy atom. The standard InChI is InChI=1S/C14H14ClFN4O4S/c1-20-13(14(21)17-8-2-3-10(16)9(15)6-8)7-12(19-25(20,22)23)11-4-5-24-18-11/h2-6,12-13,19H,7H2,1H3,(H,17,21)/t12-,13+/m1/s1. The smallest absolute Gasteiger partial charge is 0.280 e. The van der Waals surface area contributed by atoms with E-state index in [1.165, 1.54) is 31.5 Å². The molecule has 2 heterocycles. The molecule has 2 N–H and O–H groups in total. The van der Waals surface area contributed by atoms with Crippen molar-refractivity contribution in [1.82, 2.24) is 14.2 Å². The quantitative estimate of drug-likeness (QED) is 0.832. The average molecular weight is 389 g/mol. The molecule has 1 aliphatic rings. The van der Waals surface area contributed by atoms with Crippen molar-refractivity contribution in [2.45, 2.75) is 18.5 Å². The molecular weight excluding hydrogens is 375 g/mol. The third-order valence-electron chi connectivity index (χ3n) is 3.87. The maximum atomic E-state index is 13.2. The predicted molar refractivity (Wildman–Crippen MR) is 87.5 cm³/mol. The monoisotopic (exact) mass is 388 g/mol. The number of amides is 1. The highest BCUT2D eigenvalue weighted by molar-refractivity contribution is 7.87. The molecule has 1 aromatic heterocycles. The number of likely N-dealkylation sites (N-methyl/N-ethyl adjacent to an activating group) is 1. The molecule has 1 saturated heterocycles. The highest BCUT2D eigenvalue weighted by Gasteiger charge is 2.41. The van der Waals surface area contributed by atoms with Crippen molar-refractivity contribution >= 4 is 33.4 Å². The van der Waals surface area contributed by atoms with Crippen molar-refractivity contribution in [3.05, 3.63) is 47.1 Å². The van der Waals surface area contributed by atoms with Crippen LogP contribution in [0.5, 0.6) is 0 Å². The number of aromatic nitrogens is 1. The fourth-order valence-electron chi connectivity index (χ4n) is 2.50. The summed E-state index contributed by atoms with van der Waals surface area (Å²) in [7, 11) is -2.59. The Hall–Kier alpha value is -2.01. The van der Waals surface area contributed by atoms with Gasteiger partial charge in [0.15, 0.2) is 0 Å². The molecule has 0 bridgehead atoms. The van der Waals surface area contributed by atoms with E-state index in [-0.39, 0.29) is 17.1 Å². The van der Waals surface area contributed by atoms with E-state index >= 15 is 0 Å². The van der Waals surface area contributed by atoms with Gasteiger partial charge in [0.05, 0.1) is 11.1 Å². The van der Waals surface area contributed by atoms with Crippen LogP contribution in [0, 0.1) is 5.82 Å². The predicted octanol–water partition coefficient (Wildman–Crippen LogP) is 1.69. The molecule has 0 unspecified atom stereocenters. The minimum atomic E-state index is -3.88. The third-order valence-corrected chi connectivity index (χ3v) is 5.76. The van der Waals surface area contributed by atoms with Crippen molar-refractivity contribution in [3.8, 4) is 0 Å². The lowest BCUT2D eigenvalue weighted by Gasteiger charge is -2.35. The van der Waals surface area contributed by atoms with Gasteiger partial charge in [-0.05, 0) is 24.6 Å². The number of rotatable bonds is 3. The van der Waals surface area contributed by atoms with Crippen molar-refractivity contribution in [2.24, 2.45) is 0 Å². The summed E-state index contributed by atoms with van der Waals surface area (Å²) >= 11 is 5.69. The normalized spacial score (nSPS) is 23.3. The Bertz CT molecular complexity index is 890. The van der Waals surface area contributed by atoms with Gasteiger partial charge in [-0.15, -0.1) is 0 Å². The molecule has 0 saturated carbocycles. The zero-order valence-electron chi connectivity index (χ0n) is 12.9. The number of nitrogens with zero attached hydrogens (tertiary/aromatic N) is 2. The number of hydrogen-bond acceptors (Lipinski definition) is 5. The molecule has 1 aromatic carbocycles. The maximum absolute atomic E-state index is 13.2. The number of carbonyl (C=O) groups excluding carboxylic acids is 1. The van der Waals surface area contributed by atoms with Gasteiger partial charge in [0.1, 0.15) is 23.8 Å². The molecule has 25 heavy (non-hydrogen) atoms. The summed E-state index contributed by atoms with van der Waals surface area (Å²) in [5.74, 6) is -1.18. The molecule has 1 aliphatic heterocycles. The largest absolute Gasteiger partial charge is 0.364 e. The van der Waals surface area contributed by atoms with Gasteiger partial charge in [-0.2, -0.15) is 17.4 Å². The second-order valence-corrected chi connectivity index (χ2v) is 7.65. The lowest BCUT2D eigenvalue weighted by Crippen LogP contribution is -2.56. The van der Waals surface area contributed by atoms with Crippen LogP contribution in [0.4, 0.5) is 10.1 Å². The zero-order chi connectivity index (χ0) is 18.2. The Morgan fingerprint density at radius 1 is 1.48 bits per heavy atom. The number of carbonyl (C=O) groups is 1. The van der Waals surface area contributed by atoms with Gasteiger partial charge in [-0.1, -0.05) is 16.8 Å². The molecule has 0 radical (unpaired) electrons. The topological polar surface area (TPSA) is 105 Å². The van der Waals surface area contributed by atoms with Crippen LogP contribution in [-0.2, 0) is 15.0 Å². The van der Waals surface area contributed by atoms with Crippen molar-refractivity contribution in [3.63, 3.8) is 0 Å². The van der Waals surface area contributed by atoms with E-state index in [1.807, 2.05) is 0 Å². The second kappa shape index (κ2) is 6.71. The van der Waals surface area contributed by atoms with Gasteiger partial charge in [-0.3, -0.25) is 4.79 Å². The minimum Gasteiger partial charge on any atom is -0.364 e. The molecule has 2 atom stereocenters. The summed E-state index contributed by atoms with van der Waals surface area (Å²) in [5.41, 5.74) is 0.637. The minimum absolute atomic E-state index is 0.142. The second-order valence-electron chi connectivity index (χ2n) is 5.49. The average Bonchev–Trinajstić information content (AvgIpc) is 3.07. The van der Waals surface area contributed by atoms with Crippen molar-refractivity contribution < 1.29 is 22.1 Å². The molecule has 0 spiro atoms. The van der Waals surface area contributed by atoms with Crippen LogP contribution in [0.1, 0.15) is 18.2 Å². The maximum Gasteiger partial charge on any atom is 0.280 e. The fourth-order valence-corrected chi connectivity index (χ4v) is 3.94. The Balaban J connectivity index is 1.83. The van der Waals surface area contributed by atoms with E-state index in [0.29, 0.717) is 5.69 Å². The lowest BCUT2D eigenvalue weighted by atomic mass is 10.0. The van der Waals surface area contributed by atoms with Crippen LogP contribution < -0.4 is 10.0 Å². The third kappa shape index (κ3) is 3.66. The van der Waals surface area contributed by atoms with E-state index in [4.69, 9.17) is 16.1 Å². The number of benzene rings is 1. The number of halogens is 2. The Labute approximate surface area is 148 Å². The first-order valence-electron chi connectivity index (χ1n) is 7.19. The van der Waals surface area contributed by atoms with Gasteiger partial charge in [0, 0.05) is 18.8 Å². The number of hydrogen-bond donors (Lipinski definition) is 2. The molecule has 2 aromatic rings. The van der Waals surface area contributed by atoms with Crippen LogP contribution in [-0.4, -0.2) is 36.9 Å². The van der Waals surface area contributed by atoms with Crippen LogP contribution in [0.2, 0.25) is 5.02 Å². The first-order valence-corrected chi connectivity index (χ1v) is 9.01. The van der Waals surface area contributed by atoms with E-state index in [1.54, 1.807) is 0 Å². The zero-order valence-corrected chi connectivity index (χ0v) is 14.5. The van der Waals surface area contributed by atoms with E-state index in [9.17, 15) is 17.6 Å². The first-order chi connectivity index (χ1) is 11.8. The van der Waals surface area contributed by atoms with Crippen molar-refractivity contribution in [1.29, 1.82) is 0 Å². The van der Waals surface area contributed by atoms with E-state index in [2.05, 4.69) is 15.2 Å². The number of anilines is 1. The highest BCUT2D eigenvalue weighted by Crippen LogP contribution is 2.28. The lowest BCUT2D eigenvalue weighted by molar-refractivity contribution is -0.120. The van der Waals surface area contributed by atoms with Crippen LogP contribution in [0.3, 0.4) is 0 Å². The highest BCUT2D eigenvalue weighted by atomic mass is 35.5. The van der Waals surface area contributed by atoms with Gasteiger partial charge in [-0.25, -0.2) is 4.39 Å².